The van der Waals surface area contributed by atoms with Crippen molar-refractivity contribution in [3.63, 3.8) is 0 Å². The van der Waals surface area contributed by atoms with Gasteiger partial charge in [0.25, 0.3) is 0 Å². The summed E-state index contributed by atoms with van der Waals surface area (Å²) in [5, 5.41) is 24.9. The highest BCUT2D eigenvalue weighted by Gasteiger charge is 2.29. The molecule has 148 valence electrons. The number of aliphatic hydroxyl groups excluding tert-OH is 1. The molecule has 0 saturated heterocycles. The highest BCUT2D eigenvalue weighted by molar-refractivity contribution is 7.80. The lowest BCUT2D eigenvalue weighted by Crippen LogP contribution is -2.57. The number of thiol groups is 1. The number of primary amides is 1. The van der Waals surface area contributed by atoms with E-state index < -0.39 is 66.8 Å². The van der Waals surface area contributed by atoms with Gasteiger partial charge in [0.1, 0.15) is 12.1 Å². The first-order valence-corrected chi connectivity index (χ1v) is 8.05. The summed E-state index contributed by atoms with van der Waals surface area (Å²) in [5.41, 5.74) is 10.3. The average molecular weight is 393 g/mol. The Kier molecular flexibility index (Phi) is 10.2. The van der Waals surface area contributed by atoms with Crippen molar-refractivity contribution in [3.8, 4) is 0 Å². The molecule has 4 amide bonds. The van der Waals surface area contributed by atoms with Crippen molar-refractivity contribution in [2.75, 3.05) is 12.3 Å². The summed E-state index contributed by atoms with van der Waals surface area (Å²) in [7, 11) is 0. The van der Waals surface area contributed by atoms with E-state index in [2.05, 4.69) is 28.6 Å². The van der Waals surface area contributed by atoms with Gasteiger partial charge in [-0.15, -0.1) is 0 Å². The van der Waals surface area contributed by atoms with Crippen LogP contribution in [0.3, 0.4) is 0 Å². The van der Waals surface area contributed by atoms with Gasteiger partial charge in [-0.05, 0) is 6.92 Å². The van der Waals surface area contributed by atoms with Gasteiger partial charge in [0.05, 0.1) is 25.1 Å². The SMILES string of the molecule is C[C@@H](O)[C@H](NC(=O)CNC(=O)[C@@H](N)CC(N)=O)C(=O)N[C@@H](CS)C(=O)O. The van der Waals surface area contributed by atoms with E-state index in [0.717, 1.165) is 0 Å². The lowest BCUT2D eigenvalue weighted by Gasteiger charge is -2.23. The van der Waals surface area contributed by atoms with E-state index in [1.165, 1.54) is 6.92 Å². The van der Waals surface area contributed by atoms with E-state index in [1.54, 1.807) is 0 Å². The Morgan fingerprint density at radius 2 is 1.69 bits per heavy atom. The van der Waals surface area contributed by atoms with Gasteiger partial charge in [-0.1, -0.05) is 0 Å². The maximum atomic E-state index is 12.0. The largest absolute Gasteiger partial charge is 0.480 e. The summed E-state index contributed by atoms with van der Waals surface area (Å²) >= 11 is 3.78. The number of amides is 4. The minimum absolute atomic E-state index is 0.199. The van der Waals surface area contributed by atoms with E-state index in [4.69, 9.17) is 16.6 Å². The number of carbonyl (C=O) groups is 5. The number of hydrogen-bond donors (Lipinski definition) is 8. The summed E-state index contributed by atoms with van der Waals surface area (Å²) < 4.78 is 0. The third-order valence-corrected chi connectivity index (χ3v) is 3.42. The van der Waals surface area contributed by atoms with Crippen LogP contribution in [-0.4, -0.2) is 76.3 Å². The van der Waals surface area contributed by atoms with Crippen molar-refractivity contribution >= 4 is 42.2 Å². The zero-order valence-corrected chi connectivity index (χ0v) is 14.9. The van der Waals surface area contributed by atoms with Crippen molar-refractivity contribution in [3.05, 3.63) is 0 Å². The third-order valence-electron chi connectivity index (χ3n) is 3.06. The van der Waals surface area contributed by atoms with Crippen molar-refractivity contribution < 1.29 is 34.2 Å². The van der Waals surface area contributed by atoms with E-state index in [9.17, 15) is 29.1 Å². The van der Waals surface area contributed by atoms with Crippen LogP contribution >= 0.6 is 12.6 Å². The molecular formula is C13H23N5O7S. The van der Waals surface area contributed by atoms with Crippen LogP contribution in [-0.2, 0) is 24.0 Å². The first kappa shape index (κ1) is 23.6. The summed E-state index contributed by atoms with van der Waals surface area (Å²) in [6.07, 6.45) is -1.76. The topological polar surface area (TPSA) is 214 Å². The van der Waals surface area contributed by atoms with Crippen molar-refractivity contribution in [2.24, 2.45) is 11.5 Å². The molecule has 12 nitrogen and oxygen atoms in total. The molecule has 0 aliphatic carbocycles. The Hall–Kier alpha value is -2.38. The number of aliphatic carboxylic acids is 1. The van der Waals surface area contributed by atoms with Gasteiger partial charge in [-0.3, -0.25) is 19.2 Å². The van der Waals surface area contributed by atoms with Crippen LogP contribution in [0.5, 0.6) is 0 Å². The fourth-order valence-electron chi connectivity index (χ4n) is 1.68. The van der Waals surface area contributed by atoms with Gasteiger partial charge in [-0.2, -0.15) is 12.6 Å². The quantitative estimate of drug-likeness (QED) is 0.160. The van der Waals surface area contributed by atoms with Crippen LogP contribution in [0, 0.1) is 0 Å². The number of carbonyl (C=O) groups excluding carboxylic acids is 4. The van der Waals surface area contributed by atoms with Crippen molar-refractivity contribution in [1.29, 1.82) is 0 Å². The average Bonchev–Trinajstić information content (AvgIpc) is 2.53. The Morgan fingerprint density at radius 1 is 1.12 bits per heavy atom. The predicted molar refractivity (Wildman–Crippen MR) is 91.8 cm³/mol. The standard InChI is InChI=1S/C13H23N5O7S/c1-5(19)10(12(23)17-7(4-26)13(24)25)18-9(21)3-16-11(22)6(14)2-8(15)20/h5-7,10,19,26H,2-4,14H2,1H3,(H2,15,20)(H,16,22)(H,17,23)(H,18,21)(H,24,25)/t5-,6+,7+,10+/m1/s1. The van der Waals surface area contributed by atoms with Crippen LogP contribution in [0.4, 0.5) is 0 Å². The molecule has 0 saturated carbocycles. The number of nitrogens with one attached hydrogen (secondary N) is 3. The lowest BCUT2D eigenvalue weighted by molar-refractivity contribution is -0.142. The molecule has 4 atom stereocenters. The minimum Gasteiger partial charge on any atom is -0.480 e. The second kappa shape index (κ2) is 11.3. The molecular weight excluding hydrogens is 370 g/mol. The van der Waals surface area contributed by atoms with Crippen LogP contribution in [0.2, 0.25) is 0 Å². The van der Waals surface area contributed by atoms with Crippen molar-refractivity contribution in [1.82, 2.24) is 16.0 Å². The molecule has 0 bridgehead atoms. The molecule has 0 aromatic carbocycles. The number of rotatable bonds is 11. The number of aliphatic hydroxyl groups is 1. The molecule has 0 aromatic rings. The number of carboxylic acids is 1. The fourth-order valence-corrected chi connectivity index (χ4v) is 1.93. The van der Waals surface area contributed by atoms with Gasteiger partial charge >= 0.3 is 5.97 Å². The molecule has 13 heteroatoms. The van der Waals surface area contributed by atoms with Gasteiger partial charge < -0.3 is 37.6 Å². The van der Waals surface area contributed by atoms with Gasteiger partial charge in [0, 0.05) is 5.75 Å². The molecule has 0 rings (SSSR count). The van der Waals surface area contributed by atoms with Crippen molar-refractivity contribution in [2.45, 2.75) is 37.6 Å². The Balaban J connectivity index is 4.68. The molecule has 0 spiro atoms. The summed E-state index contributed by atoms with van der Waals surface area (Å²) in [6.45, 7) is 0.624. The minimum atomic E-state index is -1.46. The zero-order chi connectivity index (χ0) is 20.4. The molecule has 0 aromatic heterocycles. The highest BCUT2D eigenvalue weighted by Crippen LogP contribution is 1.97. The smallest absolute Gasteiger partial charge is 0.327 e. The maximum Gasteiger partial charge on any atom is 0.327 e. The first-order valence-electron chi connectivity index (χ1n) is 7.42. The summed E-state index contributed by atoms with van der Waals surface area (Å²) in [5.74, 6) is -4.91. The molecule has 0 aliphatic heterocycles. The Bertz CT molecular complexity index is 557. The van der Waals surface area contributed by atoms with Gasteiger partial charge in [-0.25, -0.2) is 4.79 Å². The van der Waals surface area contributed by atoms with E-state index in [0.29, 0.717) is 0 Å². The second-order valence-electron chi connectivity index (χ2n) is 5.36. The monoisotopic (exact) mass is 393 g/mol. The maximum absolute atomic E-state index is 12.0. The molecule has 0 aliphatic rings. The molecule has 0 unspecified atom stereocenters. The van der Waals surface area contributed by atoms with Gasteiger partial charge in [0.2, 0.25) is 23.6 Å². The predicted octanol–water partition coefficient (Wildman–Crippen LogP) is -4.33. The van der Waals surface area contributed by atoms with E-state index >= 15 is 0 Å². The first-order chi connectivity index (χ1) is 12.0. The highest BCUT2D eigenvalue weighted by atomic mass is 32.1. The number of nitrogens with two attached hydrogens (primary N) is 2. The second-order valence-corrected chi connectivity index (χ2v) is 5.73. The normalized spacial score (nSPS) is 15.1. The number of carboxylic acid groups (broad SMARTS) is 1. The van der Waals surface area contributed by atoms with Gasteiger partial charge in [0.15, 0.2) is 0 Å². The van der Waals surface area contributed by atoms with Crippen LogP contribution in [0.15, 0.2) is 0 Å². The Morgan fingerprint density at radius 3 is 2.12 bits per heavy atom. The Labute approximate surface area is 154 Å². The molecule has 0 fully saturated rings. The molecule has 0 heterocycles. The van der Waals surface area contributed by atoms with Crippen LogP contribution in [0.25, 0.3) is 0 Å². The van der Waals surface area contributed by atoms with Crippen LogP contribution in [0.1, 0.15) is 13.3 Å². The van der Waals surface area contributed by atoms with E-state index in [1.807, 2.05) is 0 Å². The van der Waals surface area contributed by atoms with Crippen LogP contribution < -0.4 is 27.4 Å². The molecule has 0 radical (unpaired) electrons. The number of hydrogen-bond acceptors (Lipinski definition) is 8. The summed E-state index contributed by atoms with van der Waals surface area (Å²) in [6, 6.07) is -4.00. The molecule has 9 N–H and O–H groups in total. The van der Waals surface area contributed by atoms with E-state index in [-0.39, 0.29) is 5.75 Å². The lowest BCUT2D eigenvalue weighted by atomic mass is 10.1. The molecule has 26 heavy (non-hydrogen) atoms. The fraction of sp³-hybridized carbons (Fsp3) is 0.615. The third kappa shape index (κ3) is 8.64. The summed E-state index contributed by atoms with van der Waals surface area (Å²) in [4.78, 5) is 57.0. The zero-order valence-electron chi connectivity index (χ0n) is 14.0.